The minimum absolute atomic E-state index is 0.0968. The van der Waals surface area contributed by atoms with Crippen LogP contribution in [0.15, 0.2) is 40.2 Å². The summed E-state index contributed by atoms with van der Waals surface area (Å²) in [6.07, 6.45) is 1.43. The number of hydrogen-bond acceptors (Lipinski definition) is 4. The summed E-state index contributed by atoms with van der Waals surface area (Å²) in [4.78, 5) is 40.9. The van der Waals surface area contributed by atoms with Gasteiger partial charge in [-0.05, 0) is 17.7 Å². The molecule has 8 nitrogen and oxygen atoms in total. The summed E-state index contributed by atoms with van der Waals surface area (Å²) < 4.78 is 16.7. The number of carbonyl (C=O) groups excluding carboxylic acids is 1. The summed E-state index contributed by atoms with van der Waals surface area (Å²) in [7, 11) is 3.12. The minimum Gasteiger partial charge on any atom is -0.350 e. The quantitative estimate of drug-likeness (QED) is 0.714. The first-order valence-electron chi connectivity index (χ1n) is 7.50. The van der Waals surface area contributed by atoms with Crippen molar-refractivity contribution in [2.75, 3.05) is 0 Å². The van der Waals surface area contributed by atoms with E-state index in [4.69, 9.17) is 0 Å². The number of halogens is 1. The molecule has 0 saturated heterocycles. The van der Waals surface area contributed by atoms with Crippen molar-refractivity contribution in [3.05, 3.63) is 62.8 Å². The number of amides is 1. The van der Waals surface area contributed by atoms with Crippen LogP contribution in [-0.2, 0) is 32.0 Å². The largest absolute Gasteiger partial charge is 0.350 e. The Morgan fingerprint density at radius 1 is 1.28 bits per heavy atom. The molecule has 1 N–H and O–H groups in total. The van der Waals surface area contributed by atoms with E-state index in [1.54, 1.807) is 13.1 Å². The molecule has 0 saturated carbocycles. The fourth-order valence-corrected chi connectivity index (χ4v) is 2.58. The van der Waals surface area contributed by atoms with E-state index in [0.29, 0.717) is 5.56 Å². The van der Waals surface area contributed by atoms with Crippen LogP contribution in [0, 0.1) is 5.82 Å². The number of imidazole rings is 1. The minimum atomic E-state index is -0.628. The molecule has 0 aliphatic rings. The summed E-state index contributed by atoms with van der Waals surface area (Å²) >= 11 is 0. The number of rotatable bonds is 4. The smallest absolute Gasteiger partial charge is 0.332 e. The maximum atomic E-state index is 13.1. The van der Waals surface area contributed by atoms with Crippen molar-refractivity contribution in [1.29, 1.82) is 0 Å². The molecule has 3 rings (SSSR count). The van der Waals surface area contributed by atoms with Gasteiger partial charge in [-0.25, -0.2) is 18.7 Å². The van der Waals surface area contributed by atoms with Crippen LogP contribution in [0.25, 0.3) is 11.2 Å². The van der Waals surface area contributed by atoms with E-state index < -0.39 is 29.5 Å². The highest BCUT2D eigenvalue weighted by Gasteiger charge is 2.16. The second-order valence-electron chi connectivity index (χ2n) is 5.67. The topological polar surface area (TPSA) is 90.9 Å². The Bertz CT molecular complexity index is 1080. The lowest BCUT2D eigenvalue weighted by Crippen LogP contribution is -2.43. The summed E-state index contributed by atoms with van der Waals surface area (Å²) in [5.74, 6) is -0.927. The molecule has 3 aromatic rings. The average molecular weight is 345 g/mol. The van der Waals surface area contributed by atoms with Gasteiger partial charge in [0.2, 0.25) is 5.91 Å². The molecule has 1 aromatic carbocycles. The van der Waals surface area contributed by atoms with Gasteiger partial charge < -0.3 is 9.88 Å². The maximum Gasteiger partial charge on any atom is 0.332 e. The van der Waals surface area contributed by atoms with Crippen LogP contribution in [-0.4, -0.2) is 24.6 Å². The van der Waals surface area contributed by atoms with Gasteiger partial charge in [0.25, 0.3) is 5.56 Å². The van der Waals surface area contributed by atoms with Crippen molar-refractivity contribution in [2.24, 2.45) is 14.1 Å². The molecule has 25 heavy (non-hydrogen) atoms. The molecule has 0 atom stereocenters. The number of carbonyl (C=O) groups is 1. The standard InChI is InChI=1S/C16H16FN5O3/c1-20-9-19-14-13(20)15(24)22(16(25)21(14)2)8-12(23)18-7-10-4-3-5-11(17)6-10/h3-6,9H,7-8H2,1-2H3,(H,18,23). The normalized spacial score (nSPS) is 11.0. The Morgan fingerprint density at radius 3 is 2.76 bits per heavy atom. The SMILES string of the molecule is Cn1cnc2c1c(=O)n(CC(=O)NCc1cccc(F)c1)c(=O)n2C. The zero-order chi connectivity index (χ0) is 18.1. The van der Waals surface area contributed by atoms with Gasteiger partial charge in [0, 0.05) is 20.6 Å². The van der Waals surface area contributed by atoms with Crippen LogP contribution in [0.1, 0.15) is 5.56 Å². The zero-order valence-corrected chi connectivity index (χ0v) is 13.7. The van der Waals surface area contributed by atoms with Crippen LogP contribution in [0.3, 0.4) is 0 Å². The van der Waals surface area contributed by atoms with Crippen LogP contribution < -0.4 is 16.6 Å². The Hall–Kier alpha value is -3.23. The molecule has 130 valence electrons. The number of aryl methyl sites for hydroxylation is 2. The van der Waals surface area contributed by atoms with Gasteiger partial charge in [-0.3, -0.25) is 14.2 Å². The number of fused-ring (bicyclic) bond motifs is 1. The number of hydrogen-bond donors (Lipinski definition) is 1. The molecule has 9 heteroatoms. The lowest BCUT2D eigenvalue weighted by atomic mass is 10.2. The Morgan fingerprint density at radius 2 is 2.04 bits per heavy atom. The van der Waals surface area contributed by atoms with Crippen LogP contribution >= 0.6 is 0 Å². The van der Waals surface area contributed by atoms with Crippen molar-refractivity contribution in [3.8, 4) is 0 Å². The lowest BCUT2D eigenvalue weighted by molar-refractivity contribution is -0.121. The third-order valence-electron chi connectivity index (χ3n) is 3.88. The van der Waals surface area contributed by atoms with Crippen molar-refractivity contribution in [2.45, 2.75) is 13.1 Å². The van der Waals surface area contributed by atoms with Gasteiger partial charge in [-0.2, -0.15) is 0 Å². The van der Waals surface area contributed by atoms with Gasteiger partial charge in [-0.15, -0.1) is 0 Å². The summed E-state index contributed by atoms with van der Waals surface area (Å²) in [5.41, 5.74) is -0.138. The second kappa shape index (κ2) is 6.34. The van der Waals surface area contributed by atoms with E-state index in [0.717, 1.165) is 4.57 Å². The molecule has 2 heterocycles. The van der Waals surface area contributed by atoms with E-state index >= 15 is 0 Å². The molecular formula is C16H16FN5O3. The number of aromatic nitrogens is 4. The summed E-state index contributed by atoms with van der Waals surface area (Å²) in [6, 6.07) is 5.80. The molecule has 1 amide bonds. The molecule has 0 radical (unpaired) electrons. The molecule has 0 spiro atoms. The van der Waals surface area contributed by atoms with Crippen LogP contribution in [0.4, 0.5) is 4.39 Å². The van der Waals surface area contributed by atoms with Gasteiger partial charge in [-0.1, -0.05) is 12.1 Å². The fourth-order valence-electron chi connectivity index (χ4n) is 2.58. The molecule has 2 aromatic heterocycles. The van der Waals surface area contributed by atoms with E-state index in [-0.39, 0.29) is 17.7 Å². The van der Waals surface area contributed by atoms with E-state index in [9.17, 15) is 18.8 Å². The highest BCUT2D eigenvalue weighted by atomic mass is 19.1. The average Bonchev–Trinajstić information content (AvgIpc) is 2.97. The predicted molar refractivity (Wildman–Crippen MR) is 88.5 cm³/mol. The number of nitrogens with one attached hydrogen (secondary N) is 1. The Kier molecular flexibility index (Phi) is 4.22. The Balaban J connectivity index is 1.85. The molecule has 0 aliphatic heterocycles. The summed E-state index contributed by atoms with van der Waals surface area (Å²) in [6.45, 7) is -0.332. The third-order valence-corrected chi connectivity index (χ3v) is 3.88. The molecule has 0 aliphatic carbocycles. The maximum absolute atomic E-state index is 13.1. The highest BCUT2D eigenvalue weighted by Crippen LogP contribution is 2.04. The third kappa shape index (κ3) is 3.08. The molecular weight excluding hydrogens is 329 g/mol. The summed E-state index contributed by atoms with van der Waals surface area (Å²) in [5, 5.41) is 2.57. The molecule has 0 bridgehead atoms. The van der Waals surface area contributed by atoms with Crippen molar-refractivity contribution in [3.63, 3.8) is 0 Å². The first kappa shape index (κ1) is 16.6. The van der Waals surface area contributed by atoms with Gasteiger partial charge in [0.1, 0.15) is 12.4 Å². The van der Waals surface area contributed by atoms with Crippen molar-refractivity contribution < 1.29 is 9.18 Å². The van der Waals surface area contributed by atoms with Gasteiger partial charge >= 0.3 is 5.69 Å². The fraction of sp³-hybridized carbons (Fsp3) is 0.250. The predicted octanol–water partition coefficient (Wildman–Crippen LogP) is -0.111. The van der Waals surface area contributed by atoms with Crippen LogP contribution in [0.2, 0.25) is 0 Å². The number of benzene rings is 1. The monoisotopic (exact) mass is 345 g/mol. The van der Waals surface area contributed by atoms with Gasteiger partial charge in [0.05, 0.1) is 6.33 Å². The van der Waals surface area contributed by atoms with E-state index in [2.05, 4.69) is 10.3 Å². The van der Waals surface area contributed by atoms with Crippen molar-refractivity contribution in [1.82, 2.24) is 24.0 Å². The second-order valence-corrected chi connectivity index (χ2v) is 5.67. The lowest BCUT2D eigenvalue weighted by Gasteiger charge is -2.09. The first-order chi connectivity index (χ1) is 11.9. The first-order valence-corrected chi connectivity index (χ1v) is 7.50. The molecule has 0 unspecified atom stereocenters. The van der Waals surface area contributed by atoms with E-state index in [1.807, 2.05) is 0 Å². The number of nitrogens with zero attached hydrogens (tertiary/aromatic N) is 4. The Labute approximate surface area is 141 Å². The highest BCUT2D eigenvalue weighted by molar-refractivity contribution is 5.76. The van der Waals surface area contributed by atoms with Crippen molar-refractivity contribution >= 4 is 17.1 Å². The van der Waals surface area contributed by atoms with E-state index in [1.165, 1.54) is 40.7 Å². The molecule has 0 fully saturated rings. The van der Waals surface area contributed by atoms with Crippen LogP contribution in [0.5, 0.6) is 0 Å². The zero-order valence-electron chi connectivity index (χ0n) is 13.7. The van der Waals surface area contributed by atoms with Gasteiger partial charge in [0.15, 0.2) is 11.2 Å².